The van der Waals surface area contributed by atoms with Crippen LogP contribution in [0.4, 0.5) is 0 Å². The summed E-state index contributed by atoms with van der Waals surface area (Å²) < 4.78 is 17.3. The molecule has 0 saturated heterocycles. The third-order valence-electron chi connectivity index (χ3n) is 11.9. The van der Waals surface area contributed by atoms with Gasteiger partial charge in [0.25, 0.3) is 0 Å². The van der Waals surface area contributed by atoms with Gasteiger partial charge in [0.1, 0.15) is 6.61 Å². The summed E-state index contributed by atoms with van der Waals surface area (Å²) in [7, 11) is 5.54. The first-order valence-corrected chi connectivity index (χ1v) is 25.9. The molecule has 358 valence electrons. The lowest BCUT2D eigenvalue weighted by atomic mass is 10.0. The number of allylic oxidation sites excluding steroid dienone is 4. The molecule has 0 rings (SSSR count). The van der Waals surface area contributed by atoms with Crippen LogP contribution < -0.4 is 0 Å². The quantitative estimate of drug-likeness (QED) is 0.0281. The molecule has 0 aliphatic rings. The fourth-order valence-corrected chi connectivity index (χ4v) is 7.83. The van der Waals surface area contributed by atoms with Crippen molar-refractivity contribution < 1.29 is 38.2 Å². The van der Waals surface area contributed by atoms with Crippen LogP contribution in [0.2, 0.25) is 0 Å². The van der Waals surface area contributed by atoms with Crippen LogP contribution in [0.15, 0.2) is 24.3 Å². The zero-order valence-electron chi connectivity index (χ0n) is 40.9. The number of rotatable bonds is 47. The van der Waals surface area contributed by atoms with Gasteiger partial charge in [-0.2, -0.15) is 0 Å². The molecule has 0 fully saturated rings. The van der Waals surface area contributed by atoms with Crippen molar-refractivity contribution >= 4 is 17.9 Å². The molecular formula is C53H100NO7+. The van der Waals surface area contributed by atoms with Crippen LogP contribution in [0.5, 0.6) is 0 Å². The lowest BCUT2D eigenvalue weighted by Crippen LogP contribution is -2.50. The third-order valence-corrected chi connectivity index (χ3v) is 11.9. The van der Waals surface area contributed by atoms with Crippen LogP contribution in [-0.2, 0) is 28.6 Å². The summed E-state index contributed by atoms with van der Waals surface area (Å²) in [5.74, 6) is -1.47. The summed E-state index contributed by atoms with van der Waals surface area (Å²) in [4.78, 5) is 37.1. The molecule has 8 heteroatoms. The average Bonchev–Trinajstić information content (AvgIpc) is 3.22. The first-order valence-electron chi connectivity index (χ1n) is 25.9. The van der Waals surface area contributed by atoms with Crippen molar-refractivity contribution in [3.05, 3.63) is 24.3 Å². The molecule has 0 amide bonds. The molecule has 0 aromatic heterocycles. The summed E-state index contributed by atoms with van der Waals surface area (Å²) in [6, 6.07) is -0.615. The van der Waals surface area contributed by atoms with Crippen LogP contribution in [0, 0.1) is 0 Å². The zero-order valence-corrected chi connectivity index (χ0v) is 40.9. The molecular weight excluding hydrogens is 763 g/mol. The highest BCUT2D eigenvalue weighted by molar-refractivity contribution is 5.72. The first-order chi connectivity index (χ1) is 29.6. The van der Waals surface area contributed by atoms with Gasteiger partial charge in [-0.25, -0.2) is 4.79 Å². The predicted octanol–water partition coefficient (Wildman–Crippen LogP) is 14.8. The molecule has 0 heterocycles. The molecule has 1 N–H and O–H groups in total. The summed E-state index contributed by atoms with van der Waals surface area (Å²) in [5.41, 5.74) is 0. The van der Waals surface area contributed by atoms with Crippen molar-refractivity contribution in [2.45, 2.75) is 257 Å². The summed E-state index contributed by atoms with van der Waals surface area (Å²) in [5, 5.41) is 9.65. The van der Waals surface area contributed by atoms with Crippen LogP contribution in [-0.4, -0.2) is 80.6 Å². The summed E-state index contributed by atoms with van der Waals surface area (Å²) >= 11 is 0. The number of quaternary nitrogens is 1. The van der Waals surface area contributed by atoms with Crippen molar-refractivity contribution in [1.82, 2.24) is 0 Å². The van der Waals surface area contributed by atoms with Crippen LogP contribution in [0.25, 0.3) is 0 Å². The van der Waals surface area contributed by atoms with Crippen LogP contribution >= 0.6 is 0 Å². The number of carbonyl (C=O) groups excluding carboxylic acids is 2. The van der Waals surface area contributed by atoms with E-state index in [2.05, 4.69) is 38.2 Å². The van der Waals surface area contributed by atoms with E-state index in [1.165, 1.54) is 148 Å². The second-order valence-electron chi connectivity index (χ2n) is 18.8. The normalized spacial score (nSPS) is 13.0. The molecule has 0 bridgehead atoms. The Balaban J connectivity index is 4.18. The van der Waals surface area contributed by atoms with Crippen molar-refractivity contribution in [2.75, 3.05) is 41.0 Å². The van der Waals surface area contributed by atoms with Crippen molar-refractivity contribution in [2.24, 2.45) is 0 Å². The Morgan fingerprint density at radius 3 is 1.30 bits per heavy atom. The number of esters is 2. The number of carbonyl (C=O) groups is 3. The van der Waals surface area contributed by atoms with E-state index in [4.69, 9.17) is 14.2 Å². The van der Waals surface area contributed by atoms with Crippen molar-refractivity contribution in [3.8, 4) is 0 Å². The van der Waals surface area contributed by atoms with Crippen molar-refractivity contribution in [1.29, 1.82) is 0 Å². The average molecular weight is 863 g/mol. The van der Waals surface area contributed by atoms with Gasteiger partial charge < -0.3 is 23.8 Å². The van der Waals surface area contributed by atoms with E-state index in [9.17, 15) is 19.5 Å². The number of hydrogen-bond donors (Lipinski definition) is 1. The maximum atomic E-state index is 12.8. The molecule has 0 aromatic rings. The molecule has 0 aliphatic heterocycles. The molecule has 61 heavy (non-hydrogen) atoms. The minimum absolute atomic E-state index is 0.0518. The van der Waals surface area contributed by atoms with E-state index in [-0.39, 0.29) is 36.2 Å². The van der Waals surface area contributed by atoms with Crippen LogP contribution in [0.1, 0.15) is 245 Å². The topological polar surface area (TPSA) is 99.1 Å². The van der Waals surface area contributed by atoms with Gasteiger partial charge in [0.05, 0.1) is 34.4 Å². The fourth-order valence-electron chi connectivity index (χ4n) is 7.83. The Hall–Kier alpha value is -2.19. The van der Waals surface area contributed by atoms with Gasteiger partial charge in [-0.05, 0) is 44.9 Å². The van der Waals surface area contributed by atoms with Gasteiger partial charge in [0, 0.05) is 19.3 Å². The van der Waals surface area contributed by atoms with Gasteiger partial charge in [0.15, 0.2) is 12.1 Å². The van der Waals surface area contributed by atoms with Gasteiger partial charge in [-0.3, -0.25) is 9.59 Å². The number of nitrogens with zero attached hydrogens (tertiary/aromatic N) is 1. The van der Waals surface area contributed by atoms with E-state index in [1.807, 2.05) is 21.1 Å². The highest BCUT2D eigenvalue weighted by atomic mass is 16.6. The van der Waals surface area contributed by atoms with Crippen LogP contribution in [0.3, 0.4) is 0 Å². The Labute approximate surface area is 377 Å². The lowest BCUT2D eigenvalue weighted by Gasteiger charge is -2.31. The summed E-state index contributed by atoms with van der Waals surface area (Å²) in [6.45, 7) is 4.73. The number of hydrogen-bond acceptors (Lipinski definition) is 6. The Morgan fingerprint density at radius 1 is 0.492 bits per heavy atom. The van der Waals surface area contributed by atoms with E-state index in [1.54, 1.807) is 0 Å². The van der Waals surface area contributed by atoms with E-state index in [0.29, 0.717) is 19.3 Å². The number of ether oxygens (including phenoxy) is 3. The van der Waals surface area contributed by atoms with E-state index in [0.717, 1.165) is 64.2 Å². The summed E-state index contributed by atoms with van der Waals surface area (Å²) in [6.07, 6.45) is 50.9. The minimum atomic E-state index is -0.874. The second kappa shape index (κ2) is 44.4. The SMILES string of the molecule is CCCCC/C=C\C/C=C\CCCCCCCC(=O)OC(COCCC(C(=O)O)[N+](C)(C)C)COC(=O)CCCCCCCCCCCCCCCCCCCCCCCC. The maximum absolute atomic E-state index is 12.8. The standard InChI is InChI=1S/C53H99NO7/c1-6-8-10-12-14-16-18-20-22-23-24-25-26-27-28-30-31-33-35-37-39-41-43-51(55)60-48-49(47-59-46-45-50(53(57)58)54(3,4)5)61-52(56)44-42-40-38-36-34-32-29-21-19-17-15-13-11-9-7-2/h15,17,21,29,49-50H,6-14,16,18-20,22-28,30-48H2,1-5H3/p+1/b17-15-,29-21-. The monoisotopic (exact) mass is 863 g/mol. The number of likely N-dealkylation sites (N-methyl/N-ethyl adjacent to an activating group) is 1. The van der Waals surface area contributed by atoms with Crippen molar-refractivity contribution in [3.63, 3.8) is 0 Å². The molecule has 0 aromatic carbocycles. The maximum Gasteiger partial charge on any atom is 0.362 e. The zero-order chi connectivity index (χ0) is 44.9. The fraction of sp³-hybridized carbons (Fsp3) is 0.868. The van der Waals surface area contributed by atoms with Gasteiger partial charge in [0.2, 0.25) is 0 Å². The molecule has 0 spiro atoms. The highest BCUT2D eigenvalue weighted by Gasteiger charge is 2.31. The van der Waals surface area contributed by atoms with Gasteiger partial charge in [-0.1, -0.05) is 205 Å². The molecule has 2 atom stereocenters. The first kappa shape index (κ1) is 58.8. The Kier molecular flexibility index (Phi) is 42.8. The Bertz CT molecular complexity index is 1050. The molecule has 8 nitrogen and oxygen atoms in total. The molecule has 0 saturated carbocycles. The highest BCUT2D eigenvalue weighted by Crippen LogP contribution is 2.17. The van der Waals surface area contributed by atoms with E-state index >= 15 is 0 Å². The predicted molar refractivity (Wildman–Crippen MR) is 257 cm³/mol. The molecule has 2 unspecified atom stereocenters. The lowest BCUT2D eigenvalue weighted by molar-refractivity contribution is -0.887. The van der Waals surface area contributed by atoms with Gasteiger partial charge in [-0.15, -0.1) is 0 Å². The number of carboxylic acids is 1. The largest absolute Gasteiger partial charge is 0.477 e. The number of unbranched alkanes of at least 4 members (excludes halogenated alkanes) is 29. The molecule has 0 aliphatic carbocycles. The van der Waals surface area contributed by atoms with E-state index < -0.39 is 18.1 Å². The second-order valence-corrected chi connectivity index (χ2v) is 18.8. The van der Waals surface area contributed by atoms with Gasteiger partial charge >= 0.3 is 17.9 Å². The third kappa shape index (κ3) is 42.9. The minimum Gasteiger partial charge on any atom is -0.477 e. The Morgan fingerprint density at radius 2 is 0.869 bits per heavy atom. The number of aliphatic carboxylic acids is 1. The number of carboxylic acid groups (broad SMARTS) is 1. The smallest absolute Gasteiger partial charge is 0.362 e. The molecule has 0 radical (unpaired) electrons.